The van der Waals surface area contributed by atoms with Crippen molar-refractivity contribution in [3.8, 4) is 5.75 Å². The highest BCUT2D eigenvalue weighted by Crippen LogP contribution is 2.26. The zero-order valence-electron chi connectivity index (χ0n) is 17.4. The molecule has 1 amide bonds. The molecule has 33 heavy (non-hydrogen) atoms. The van der Waals surface area contributed by atoms with Crippen molar-refractivity contribution in [3.05, 3.63) is 83.7 Å². The van der Waals surface area contributed by atoms with Crippen LogP contribution >= 0.6 is 24.8 Å². The number of carbonyl (C=O) groups is 1. The van der Waals surface area contributed by atoms with Gasteiger partial charge in [-0.2, -0.15) is 0 Å². The van der Waals surface area contributed by atoms with Gasteiger partial charge in [-0.15, -0.1) is 24.8 Å². The first-order chi connectivity index (χ1) is 14.8. The Balaban J connectivity index is 0.00000272. The molecule has 1 atom stereocenters. The lowest BCUT2D eigenvalue weighted by molar-refractivity contribution is 0.0997. The zero-order chi connectivity index (χ0) is 22.4. The van der Waals surface area contributed by atoms with Crippen LogP contribution in [0.25, 0.3) is 0 Å². The Morgan fingerprint density at radius 1 is 1.06 bits per heavy atom. The van der Waals surface area contributed by atoms with Crippen LogP contribution in [0.1, 0.15) is 27.6 Å². The predicted molar refractivity (Wildman–Crippen MR) is 129 cm³/mol. The van der Waals surface area contributed by atoms with Gasteiger partial charge in [-0.1, -0.05) is 18.2 Å². The number of hydrogen-bond acceptors (Lipinski definition) is 7. The fourth-order valence-electron chi connectivity index (χ4n) is 3.01. The monoisotopic (exact) mass is 513 g/mol. The quantitative estimate of drug-likeness (QED) is 0.321. The van der Waals surface area contributed by atoms with Crippen molar-refractivity contribution in [2.75, 3.05) is 13.1 Å². The van der Waals surface area contributed by atoms with Gasteiger partial charge in [0.15, 0.2) is 0 Å². The molecule has 1 heterocycles. The smallest absolute Gasteiger partial charge is 0.252 e. The second-order valence-electron chi connectivity index (χ2n) is 6.95. The molecule has 1 aromatic heterocycles. The number of rotatable bonds is 9. The standard InChI is InChI=1S/C22H23N3O5S.2ClH/c23-22(28)19-12-18(7-8-20(19)26)31(29,30)17-5-3-15(4-6-17)9-11-25-14-21(27)16-2-1-10-24-13-16;;/h1-8,10,12-13,21,25-27H,9,11,14H2,(H2,23,28);2*1H/t21-;;/m1../s1. The van der Waals surface area contributed by atoms with Gasteiger partial charge < -0.3 is 21.3 Å². The minimum Gasteiger partial charge on any atom is -0.507 e. The van der Waals surface area contributed by atoms with Gasteiger partial charge in [-0.05, 0) is 54.9 Å². The third-order valence-corrected chi connectivity index (χ3v) is 6.54. The summed E-state index contributed by atoms with van der Waals surface area (Å²) in [5.74, 6) is -1.28. The number of hydrogen-bond donors (Lipinski definition) is 4. The van der Waals surface area contributed by atoms with E-state index >= 15 is 0 Å². The van der Waals surface area contributed by atoms with E-state index in [9.17, 15) is 23.4 Å². The van der Waals surface area contributed by atoms with Crippen molar-refractivity contribution in [2.45, 2.75) is 22.3 Å². The predicted octanol–water partition coefficient (Wildman–Crippen LogP) is 2.43. The summed E-state index contributed by atoms with van der Waals surface area (Å²) in [7, 11) is -3.87. The lowest BCUT2D eigenvalue weighted by Gasteiger charge is -2.12. The Bertz CT molecular complexity index is 1160. The average Bonchev–Trinajstić information content (AvgIpc) is 2.77. The molecule has 8 nitrogen and oxygen atoms in total. The highest BCUT2D eigenvalue weighted by molar-refractivity contribution is 7.91. The van der Waals surface area contributed by atoms with Crippen molar-refractivity contribution in [3.63, 3.8) is 0 Å². The van der Waals surface area contributed by atoms with E-state index in [1.165, 1.54) is 18.2 Å². The van der Waals surface area contributed by atoms with Crippen molar-refractivity contribution in [1.82, 2.24) is 10.3 Å². The molecule has 3 aromatic rings. The first-order valence-corrected chi connectivity index (χ1v) is 11.0. The van der Waals surface area contributed by atoms with Gasteiger partial charge in [0.05, 0.1) is 21.5 Å². The number of benzene rings is 2. The number of nitrogens with one attached hydrogen (secondary N) is 1. The largest absolute Gasteiger partial charge is 0.507 e. The lowest BCUT2D eigenvalue weighted by Crippen LogP contribution is -2.23. The van der Waals surface area contributed by atoms with E-state index < -0.39 is 21.8 Å². The van der Waals surface area contributed by atoms with Gasteiger partial charge in [0.1, 0.15) is 5.75 Å². The van der Waals surface area contributed by atoms with Gasteiger partial charge in [-0.25, -0.2) is 8.42 Å². The molecular formula is C22H25Cl2N3O5S. The maximum absolute atomic E-state index is 12.8. The molecule has 0 saturated carbocycles. The number of amides is 1. The molecule has 0 aliphatic heterocycles. The number of pyridine rings is 1. The number of carbonyl (C=O) groups excluding carboxylic acids is 1. The first-order valence-electron chi connectivity index (χ1n) is 9.54. The van der Waals surface area contributed by atoms with E-state index in [0.717, 1.165) is 23.3 Å². The minimum absolute atomic E-state index is 0. The molecule has 3 rings (SSSR count). The Hall–Kier alpha value is -2.69. The Labute approximate surface area is 204 Å². The van der Waals surface area contributed by atoms with E-state index in [0.29, 0.717) is 19.5 Å². The van der Waals surface area contributed by atoms with E-state index in [-0.39, 0.29) is 45.9 Å². The molecule has 178 valence electrons. The van der Waals surface area contributed by atoms with Gasteiger partial charge in [0, 0.05) is 24.5 Å². The molecule has 2 aromatic carbocycles. The number of primary amides is 1. The first kappa shape index (κ1) is 28.3. The minimum atomic E-state index is -3.87. The molecule has 0 unspecified atom stereocenters. The fraction of sp³-hybridized carbons (Fsp3) is 0.182. The number of aromatic nitrogens is 1. The van der Waals surface area contributed by atoms with Crippen molar-refractivity contribution in [1.29, 1.82) is 0 Å². The maximum Gasteiger partial charge on any atom is 0.252 e. The molecule has 0 aliphatic rings. The molecular weight excluding hydrogens is 489 g/mol. The third kappa shape index (κ3) is 7.15. The molecule has 0 spiro atoms. The van der Waals surface area contributed by atoms with E-state index in [1.54, 1.807) is 36.7 Å². The van der Waals surface area contributed by atoms with Crippen LogP contribution in [0.15, 0.2) is 76.8 Å². The summed E-state index contributed by atoms with van der Waals surface area (Å²) in [6, 6.07) is 13.4. The number of nitrogens with zero attached hydrogens (tertiary/aromatic N) is 1. The van der Waals surface area contributed by atoms with E-state index in [4.69, 9.17) is 5.73 Å². The lowest BCUT2D eigenvalue weighted by atomic mass is 10.1. The summed E-state index contributed by atoms with van der Waals surface area (Å²) in [6.07, 6.45) is 3.25. The van der Waals surface area contributed by atoms with Crippen molar-refractivity contribution >= 4 is 40.6 Å². The SMILES string of the molecule is Cl.Cl.NC(=O)c1cc(S(=O)(=O)c2ccc(CCNC[C@@H](O)c3cccnc3)cc2)ccc1O. The summed E-state index contributed by atoms with van der Waals surface area (Å²) in [5.41, 5.74) is 6.58. The average molecular weight is 514 g/mol. The van der Waals surface area contributed by atoms with Crippen LogP contribution in [-0.2, 0) is 16.3 Å². The molecule has 0 bridgehead atoms. The summed E-state index contributed by atoms with van der Waals surface area (Å²) >= 11 is 0. The Morgan fingerprint density at radius 3 is 2.33 bits per heavy atom. The highest BCUT2D eigenvalue weighted by Gasteiger charge is 2.20. The summed E-state index contributed by atoms with van der Waals surface area (Å²) < 4.78 is 25.6. The zero-order valence-corrected chi connectivity index (χ0v) is 19.9. The normalized spacial score (nSPS) is 11.7. The molecule has 0 aliphatic carbocycles. The number of phenols is 1. The third-order valence-electron chi connectivity index (χ3n) is 4.77. The number of halogens is 2. The van der Waals surface area contributed by atoms with Crippen LogP contribution in [-0.4, -0.2) is 42.6 Å². The fourth-order valence-corrected chi connectivity index (χ4v) is 4.30. The van der Waals surface area contributed by atoms with Crippen LogP contribution in [0.2, 0.25) is 0 Å². The number of aliphatic hydroxyl groups is 1. The topological polar surface area (TPSA) is 143 Å². The number of aromatic hydroxyl groups is 1. The summed E-state index contributed by atoms with van der Waals surface area (Å²) in [4.78, 5) is 15.3. The molecule has 0 saturated heterocycles. The number of aliphatic hydroxyl groups excluding tert-OH is 1. The number of nitrogens with two attached hydrogens (primary N) is 1. The molecule has 0 fully saturated rings. The maximum atomic E-state index is 12.8. The highest BCUT2D eigenvalue weighted by atomic mass is 35.5. The Morgan fingerprint density at radius 2 is 1.73 bits per heavy atom. The number of sulfone groups is 1. The summed E-state index contributed by atoms with van der Waals surface area (Å²) in [5, 5.41) is 22.9. The second-order valence-corrected chi connectivity index (χ2v) is 8.90. The van der Waals surface area contributed by atoms with Crippen LogP contribution in [0.4, 0.5) is 0 Å². The van der Waals surface area contributed by atoms with Gasteiger partial charge in [0.2, 0.25) is 9.84 Å². The Kier molecular flexibility index (Phi) is 10.8. The van der Waals surface area contributed by atoms with Crippen LogP contribution in [0, 0.1) is 0 Å². The summed E-state index contributed by atoms with van der Waals surface area (Å²) in [6.45, 7) is 0.977. The molecule has 11 heteroatoms. The van der Waals surface area contributed by atoms with E-state index in [2.05, 4.69) is 10.3 Å². The van der Waals surface area contributed by atoms with Crippen LogP contribution in [0.3, 0.4) is 0 Å². The van der Waals surface area contributed by atoms with Crippen LogP contribution in [0.5, 0.6) is 5.75 Å². The van der Waals surface area contributed by atoms with Crippen molar-refractivity contribution in [2.24, 2.45) is 5.73 Å². The van der Waals surface area contributed by atoms with Gasteiger partial charge >= 0.3 is 0 Å². The second kappa shape index (κ2) is 12.5. The van der Waals surface area contributed by atoms with Crippen LogP contribution < -0.4 is 11.1 Å². The van der Waals surface area contributed by atoms with Gasteiger partial charge in [-0.3, -0.25) is 9.78 Å². The molecule has 0 radical (unpaired) electrons. The van der Waals surface area contributed by atoms with Gasteiger partial charge in [0.25, 0.3) is 5.91 Å². The molecule has 5 N–H and O–H groups in total. The van der Waals surface area contributed by atoms with Crippen molar-refractivity contribution < 1.29 is 23.4 Å². The van der Waals surface area contributed by atoms with E-state index in [1.807, 2.05) is 0 Å².